The molecule has 0 saturated heterocycles. The number of hydrogen-bond donors (Lipinski definition) is 2. The molecule has 7 nitrogen and oxygen atoms in total. The summed E-state index contributed by atoms with van der Waals surface area (Å²) in [5, 5.41) is 8.29. The van der Waals surface area contributed by atoms with Crippen molar-refractivity contribution in [3.63, 3.8) is 0 Å². The van der Waals surface area contributed by atoms with Crippen LogP contribution in [0.25, 0.3) is 34.0 Å². The maximum Gasteiger partial charge on any atom is 0.160 e. The molecule has 5 heterocycles. The molecule has 25 heavy (non-hydrogen) atoms. The second kappa shape index (κ2) is 5.15. The predicted molar refractivity (Wildman–Crippen MR) is 95.5 cm³/mol. The largest absolute Gasteiger partial charge is 0.338 e. The minimum absolute atomic E-state index is 0.547. The van der Waals surface area contributed by atoms with Crippen LogP contribution in [-0.2, 0) is 7.05 Å². The summed E-state index contributed by atoms with van der Waals surface area (Å²) >= 11 is 6.30. The van der Waals surface area contributed by atoms with Crippen LogP contribution >= 0.6 is 11.6 Å². The topological polar surface area (TPSA) is 84.3 Å². The van der Waals surface area contributed by atoms with E-state index in [-0.39, 0.29) is 0 Å². The molecule has 122 valence electrons. The lowest BCUT2D eigenvalue weighted by atomic mass is 10.1. The van der Waals surface area contributed by atoms with E-state index in [2.05, 4.69) is 25.4 Å². The van der Waals surface area contributed by atoms with Crippen LogP contribution in [0.1, 0.15) is 0 Å². The van der Waals surface area contributed by atoms with E-state index in [0.29, 0.717) is 16.5 Å². The van der Waals surface area contributed by atoms with Gasteiger partial charge in [-0.15, -0.1) is 0 Å². The summed E-state index contributed by atoms with van der Waals surface area (Å²) in [5.74, 6) is 1.36. The van der Waals surface area contributed by atoms with E-state index in [1.54, 1.807) is 29.5 Å². The Morgan fingerprint density at radius 2 is 2.04 bits per heavy atom. The number of anilines is 2. The van der Waals surface area contributed by atoms with Gasteiger partial charge >= 0.3 is 0 Å². The number of pyridine rings is 2. The Balaban J connectivity index is 1.82. The molecule has 5 rings (SSSR count). The molecular formula is C17H12ClN7. The van der Waals surface area contributed by atoms with Gasteiger partial charge in [0, 0.05) is 36.8 Å². The summed E-state index contributed by atoms with van der Waals surface area (Å²) < 4.78 is 1.67. The van der Waals surface area contributed by atoms with Gasteiger partial charge in [-0.25, -0.2) is 9.97 Å². The number of aryl methyl sites for hydroxylation is 1. The molecule has 2 N–H and O–H groups in total. The predicted octanol–water partition coefficient (Wildman–Crippen LogP) is 3.64. The van der Waals surface area contributed by atoms with Crippen LogP contribution in [0.3, 0.4) is 0 Å². The second-order valence-corrected chi connectivity index (χ2v) is 6.16. The first-order valence-electron chi connectivity index (χ1n) is 7.67. The van der Waals surface area contributed by atoms with E-state index in [9.17, 15) is 0 Å². The molecule has 0 amide bonds. The molecule has 8 heteroatoms. The SMILES string of the molecule is Cn1cc(Cl)c(-c2nc3c([nH]2)-c2ccncc2Nc2ncccc2-3)n1. The molecule has 0 fully saturated rings. The fraction of sp³-hybridized carbons (Fsp3) is 0.0588. The quantitative estimate of drug-likeness (QED) is 0.482. The number of nitrogens with one attached hydrogen (secondary N) is 2. The van der Waals surface area contributed by atoms with Crippen LogP contribution in [0, 0.1) is 0 Å². The first-order chi connectivity index (χ1) is 12.2. The number of rotatable bonds is 1. The van der Waals surface area contributed by atoms with Crippen molar-refractivity contribution >= 4 is 23.1 Å². The third kappa shape index (κ3) is 2.13. The van der Waals surface area contributed by atoms with Gasteiger partial charge in [-0.2, -0.15) is 5.10 Å². The van der Waals surface area contributed by atoms with Gasteiger partial charge in [0.25, 0.3) is 0 Å². The molecule has 1 aliphatic heterocycles. The Labute approximate surface area is 147 Å². The highest BCUT2D eigenvalue weighted by Crippen LogP contribution is 2.42. The Hall–Kier alpha value is -3.19. The van der Waals surface area contributed by atoms with Crippen LogP contribution in [0.2, 0.25) is 5.02 Å². The van der Waals surface area contributed by atoms with Gasteiger partial charge < -0.3 is 10.3 Å². The maximum atomic E-state index is 6.30. The van der Waals surface area contributed by atoms with Gasteiger partial charge in [0.05, 0.1) is 22.6 Å². The Morgan fingerprint density at radius 3 is 2.88 bits per heavy atom. The highest BCUT2D eigenvalue weighted by atomic mass is 35.5. The van der Waals surface area contributed by atoms with E-state index in [1.807, 2.05) is 25.2 Å². The Bertz CT molecular complexity index is 1050. The summed E-state index contributed by atoms with van der Waals surface area (Å²) in [6.45, 7) is 0. The molecule has 1 aliphatic rings. The smallest absolute Gasteiger partial charge is 0.160 e. The fourth-order valence-corrected chi connectivity index (χ4v) is 3.30. The highest BCUT2D eigenvalue weighted by Gasteiger charge is 2.25. The maximum absolute atomic E-state index is 6.30. The van der Waals surface area contributed by atoms with Crippen molar-refractivity contribution in [1.82, 2.24) is 29.7 Å². The third-order valence-corrected chi connectivity index (χ3v) is 4.40. The van der Waals surface area contributed by atoms with Crippen molar-refractivity contribution in [2.75, 3.05) is 5.32 Å². The summed E-state index contributed by atoms with van der Waals surface area (Å²) in [4.78, 5) is 16.8. The van der Waals surface area contributed by atoms with Crippen molar-refractivity contribution in [2.24, 2.45) is 7.05 Å². The summed E-state index contributed by atoms with van der Waals surface area (Å²) in [5.41, 5.74) is 5.04. The first-order valence-corrected chi connectivity index (χ1v) is 8.05. The summed E-state index contributed by atoms with van der Waals surface area (Å²) in [6, 6.07) is 5.81. The third-order valence-electron chi connectivity index (χ3n) is 4.12. The first kappa shape index (κ1) is 14.2. The summed E-state index contributed by atoms with van der Waals surface area (Å²) in [7, 11) is 1.83. The number of nitrogens with zero attached hydrogens (tertiary/aromatic N) is 5. The molecule has 0 aromatic carbocycles. The van der Waals surface area contributed by atoms with E-state index >= 15 is 0 Å². The average Bonchev–Trinajstić information content (AvgIpc) is 3.15. The lowest BCUT2D eigenvalue weighted by Gasteiger charge is -2.07. The Kier molecular flexibility index (Phi) is 2.92. The van der Waals surface area contributed by atoms with Crippen molar-refractivity contribution in [2.45, 2.75) is 0 Å². The van der Waals surface area contributed by atoms with Crippen molar-refractivity contribution in [1.29, 1.82) is 0 Å². The van der Waals surface area contributed by atoms with E-state index < -0.39 is 0 Å². The zero-order chi connectivity index (χ0) is 17.0. The van der Waals surface area contributed by atoms with Crippen molar-refractivity contribution < 1.29 is 0 Å². The highest BCUT2D eigenvalue weighted by molar-refractivity contribution is 6.32. The van der Waals surface area contributed by atoms with Crippen molar-refractivity contribution in [3.8, 4) is 34.0 Å². The normalized spacial score (nSPS) is 11.9. The Morgan fingerprint density at radius 1 is 1.12 bits per heavy atom. The zero-order valence-corrected chi connectivity index (χ0v) is 13.9. The van der Waals surface area contributed by atoms with Crippen molar-refractivity contribution in [3.05, 3.63) is 48.0 Å². The van der Waals surface area contributed by atoms with E-state index in [1.165, 1.54) is 0 Å². The van der Waals surface area contributed by atoms with Gasteiger partial charge in [0.1, 0.15) is 17.2 Å². The second-order valence-electron chi connectivity index (χ2n) is 5.75. The average molecular weight is 350 g/mol. The van der Waals surface area contributed by atoms with Crippen LogP contribution in [0.4, 0.5) is 11.5 Å². The number of hydrogen-bond acceptors (Lipinski definition) is 5. The molecule has 4 aromatic heterocycles. The zero-order valence-electron chi connectivity index (χ0n) is 13.2. The summed E-state index contributed by atoms with van der Waals surface area (Å²) in [6.07, 6.45) is 7.02. The van der Waals surface area contributed by atoms with E-state index in [4.69, 9.17) is 16.6 Å². The van der Waals surface area contributed by atoms with Gasteiger partial charge in [-0.3, -0.25) is 9.67 Å². The lowest BCUT2D eigenvalue weighted by Crippen LogP contribution is -1.96. The molecule has 0 aliphatic carbocycles. The van der Waals surface area contributed by atoms with Gasteiger partial charge in [0.2, 0.25) is 0 Å². The molecule has 0 radical (unpaired) electrons. The number of aromatic amines is 1. The fourth-order valence-electron chi connectivity index (χ4n) is 3.03. The minimum atomic E-state index is 0.547. The van der Waals surface area contributed by atoms with Crippen LogP contribution in [0.5, 0.6) is 0 Å². The van der Waals surface area contributed by atoms with Gasteiger partial charge in [0.15, 0.2) is 5.82 Å². The molecular weight excluding hydrogens is 338 g/mol. The van der Waals surface area contributed by atoms with Crippen LogP contribution < -0.4 is 5.32 Å². The number of H-pyrrole nitrogens is 1. The molecule has 0 unspecified atom stereocenters. The standard InChI is InChI=1S/C17H12ClN7/c1-25-8-11(18)15(24-25)17-22-13-9-4-6-19-7-12(9)21-16-10(14(13)23-17)3-2-5-20-16/h2-8H,1H3,(H,20,21)(H,22,23). The number of halogens is 1. The number of aromatic nitrogens is 6. The molecule has 0 atom stereocenters. The van der Waals surface area contributed by atoms with Gasteiger partial charge in [-0.1, -0.05) is 11.6 Å². The minimum Gasteiger partial charge on any atom is -0.338 e. The van der Waals surface area contributed by atoms with E-state index in [0.717, 1.165) is 34.0 Å². The van der Waals surface area contributed by atoms with Gasteiger partial charge in [-0.05, 0) is 18.2 Å². The number of imidazole rings is 1. The molecule has 0 spiro atoms. The lowest BCUT2D eigenvalue weighted by molar-refractivity contribution is 0.769. The molecule has 0 saturated carbocycles. The van der Waals surface area contributed by atoms with Crippen LogP contribution in [-0.4, -0.2) is 29.7 Å². The monoisotopic (exact) mass is 349 g/mol. The number of fused-ring (bicyclic) bond motifs is 5. The van der Waals surface area contributed by atoms with Crippen LogP contribution in [0.15, 0.2) is 43.0 Å². The molecule has 4 aromatic rings. The molecule has 0 bridgehead atoms.